The molecule has 0 amide bonds. The molecule has 7 heteroatoms. The highest BCUT2D eigenvalue weighted by molar-refractivity contribution is 7.10. The van der Waals surface area contributed by atoms with Crippen LogP contribution in [0.5, 0.6) is 0 Å². The Hall–Kier alpha value is -1.44. The Morgan fingerprint density at radius 3 is 2.48 bits per heavy atom. The number of hydrogen-bond donors (Lipinski definition) is 1. The van der Waals surface area contributed by atoms with Gasteiger partial charge in [-0.2, -0.15) is 13.2 Å². The lowest BCUT2D eigenvalue weighted by molar-refractivity contribution is -0.137. The molecular weight excluding hydrogens is 328 g/mol. The van der Waals surface area contributed by atoms with Gasteiger partial charge in [-0.25, -0.2) is 4.39 Å². The van der Waals surface area contributed by atoms with Crippen LogP contribution in [0, 0.1) is 5.82 Å². The topological polar surface area (TPSA) is 15.3 Å². The van der Waals surface area contributed by atoms with Crippen molar-refractivity contribution < 1.29 is 17.6 Å². The van der Waals surface area contributed by atoms with Crippen LogP contribution in [-0.4, -0.2) is 31.1 Å². The number of piperazine rings is 1. The smallest absolute Gasteiger partial charge is 0.314 e. The summed E-state index contributed by atoms with van der Waals surface area (Å²) in [5.41, 5.74) is -0.727. The van der Waals surface area contributed by atoms with Crippen LogP contribution in [0.15, 0.2) is 35.7 Å². The third kappa shape index (κ3) is 3.57. The summed E-state index contributed by atoms with van der Waals surface area (Å²) >= 11 is 1.43. The lowest BCUT2D eigenvalue weighted by atomic mass is 9.99. The number of alkyl halides is 3. The van der Waals surface area contributed by atoms with Gasteiger partial charge < -0.3 is 5.32 Å². The molecule has 0 bridgehead atoms. The van der Waals surface area contributed by atoms with Gasteiger partial charge >= 0.3 is 6.18 Å². The molecule has 1 aliphatic rings. The molecule has 2 aromatic rings. The van der Waals surface area contributed by atoms with E-state index in [1.165, 1.54) is 11.3 Å². The van der Waals surface area contributed by atoms with E-state index in [1.807, 2.05) is 22.4 Å². The average Bonchev–Trinajstić information content (AvgIpc) is 3.03. The molecule has 0 spiro atoms. The first-order valence-corrected chi connectivity index (χ1v) is 8.19. The van der Waals surface area contributed by atoms with Gasteiger partial charge in [-0.15, -0.1) is 11.3 Å². The van der Waals surface area contributed by atoms with Crippen molar-refractivity contribution in [1.29, 1.82) is 0 Å². The Bertz CT molecular complexity index is 649. The molecule has 124 valence electrons. The molecule has 1 atom stereocenters. The first kappa shape index (κ1) is 16.4. The van der Waals surface area contributed by atoms with Crippen molar-refractivity contribution >= 4 is 11.3 Å². The van der Waals surface area contributed by atoms with Crippen molar-refractivity contribution in [3.8, 4) is 0 Å². The summed E-state index contributed by atoms with van der Waals surface area (Å²) < 4.78 is 53.4. The third-order valence-corrected chi connectivity index (χ3v) is 4.87. The van der Waals surface area contributed by atoms with E-state index in [0.717, 1.165) is 36.2 Å². The highest BCUT2D eigenvalue weighted by Gasteiger charge is 2.34. The summed E-state index contributed by atoms with van der Waals surface area (Å²) in [5.74, 6) is -0.602. The summed E-state index contributed by atoms with van der Waals surface area (Å²) in [7, 11) is 0. The van der Waals surface area contributed by atoms with E-state index >= 15 is 0 Å². The monoisotopic (exact) mass is 344 g/mol. The molecule has 3 rings (SSSR count). The van der Waals surface area contributed by atoms with Crippen molar-refractivity contribution in [1.82, 2.24) is 10.2 Å². The molecule has 2 heterocycles. The van der Waals surface area contributed by atoms with Crippen molar-refractivity contribution in [2.24, 2.45) is 0 Å². The van der Waals surface area contributed by atoms with Gasteiger partial charge in [-0.3, -0.25) is 4.90 Å². The van der Waals surface area contributed by atoms with Gasteiger partial charge in [0.05, 0.1) is 11.6 Å². The molecule has 1 saturated heterocycles. The van der Waals surface area contributed by atoms with Crippen LogP contribution in [0.4, 0.5) is 17.6 Å². The van der Waals surface area contributed by atoms with Crippen molar-refractivity contribution in [3.63, 3.8) is 0 Å². The zero-order chi connectivity index (χ0) is 16.4. The average molecular weight is 344 g/mol. The summed E-state index contributed by atoms with van der Waals surface area (Å²) in [6, 6.07) is 5.85. The van der Waals surface area contributed by atoms with Gasteiger partial charge in [-0.1, -0.05) is 6.07 Å². The van der Waals surface area contributed by atoms with E-state index in [0.29, 0.717) is 13.1 Å². The highest BCUT2D eigenvalue weighted by Crippen LogP contribution is 2.37. The number of nitrogens with one attached hydrogen (secondary N) is 1. The second-order valence-electron chi connectivity index (χ2n) is 5.44. The van der Waals surface area contributed by atoms with Crippen molar-refractivity contribution in [2.45, 2.75) is 12.2 Å². The Labute approximate surface area is 135 Å². The molecule has 2 nitrogen and oxygen atoms in total. The van der Waals surface area contributed by atoms with Crippen molar-refractivity contribution in [2.75, 3.05) is 26.2 Å². The summed E-state index contributed by atoms with van der Waals surface area (Å²) in [5, 5.41) is 5.06. The number of halogens is 4. The first-order valence-electron chi connectivity index (χ1n) is 7.31. The molecule has 1 aromatic heterocycles. The summed E-state index contributed by atoms with van der Waals surface area (Å²) in [6.45, 7) is 2.81. The summed E-state index contributed by atoms with van der Waals surface area (Å²) in [4.78, 5) is 2.88. The standard InChI is InChI=1S/C16H16F4N2S/c17-13-4-3-11(16(18,19)20)10-12(13)15(14-2-1-9-23-14)22-7-5-21-6-8-22/h1-4,9-10,15,21H,5-8H2/t15-/m1/s1. The summed E-state index contributed by atoms with van der Waals surface area (Å²) in [6.07, 6.45) is -4.48. The SMILES string of the molecule is Fc1ccc(C(F)(F)F)cc1[C@H](c1cccs1)N1CCNCC1. The second-order valence-corrected chi connectivity index (χ2v) is 6.42. The molecule has 1 fully saturated rings. The Morgan fingerprint density at radius 2 is 1.87 bits per heavy atom. The van der Waals surface area contributed by atoms with E-state index in [9.17, 15) is 17.6 Å². The van der Waals surface area contributed by atoms with Crippen LogP contribution >= 0.6 is 11.3 Å². The van der Waals surface area contributed by atoms with Gasteiger partial charge in [-0.05, 0) is 29.6 Å². The molecule has 1 aromatic carbocycles. The van der Waals surface area contributed by atoms with E-state index in [1.54, 1.807) is 0 Å². The van der Waals surface area contributed by atoms with Gasteiger partial charge in [0, 0.05) is 36.6 Å². The van der Waals surface area contributed by atoms with Gasteiger partial charge in [0.25, 0.3) is 0 Å². The molecule has 23 heavy (non-hydrogen) atoms. The largest absolute Gasteiger partial charge is 0.416 e. The van der Waals surface area contributed by atoms with E-state index in [-0.39, 0.29) is 5.56 Å². The third-order valence-electron chi connectivity index (χ3n) is 3.95. The highest BCUT2D eigenvalue weighted by atomic mass is 32.1. The lowest BCUT2D eigenvalue weighted by Gasteiger charge is -2.35. The fourth-order valence-electron chi connectivity index (χ4n) is 2.85. The number of benzene rings is 1. The Kier molecular flexibility index (Phi) is 4.70. The maximum absolute atomic E-state index is 14.3. The number of hydrogen-bond acceptors (Lipinski definition) is 3. The molecule has 0 aliphatic carbocycles. The quantitative estimate of drug-likeness (QED) is 0.850. The maximum atomic E-state index is 14.3. The van der Waals surface area contributed by atoms with E-state index in [2.05, 4.69) is 5.32 Å². The molecule has 0 radical (unpaired) electrons. The second kappa shape index (κ2) is 6.59. The molecule has 0 unspecified atom stereocenters. The Morgan fingerprint density at radius 1 is 1.13 bits per heavy atom. The first-order chi connectivity index (χ1) is 11.0. The maximum Gasteiger partial charge on any atom is 0.416 e. The van der Waals surface area contributed by atoms with Crippen LogP contribution in [0.1, 0.15) is 22.0 Å². The van der Waals surface area contributed by atoms with Gasteiger partial charge in [0.15, 0.2) is 0 Å². The lowest BCUT2D eigenvalue weighted by Crippen LogP contribution is -2.45. The molecular formula is C16H16F4N2S. The fourth-order valence-corrected chi connectivity index (χ4v) is 3.72. The van der Waals surface area contributed by atoms with Gasteiger partial charge in [0.2, 0.25) is 0 Å². The van der Waals surface area contributed by atoms with Crippen LogP contribution in [0.25, 0.3) is 0 Å². The molecule has 0 saturated carbocycles. The molecule has 1 aliphatic heterocycles. The zero-order valence-electron chi connectivity index (χ0n) is 12.2. The fraction of sp³-hybridized carbons (Fsp3) is 0.375. The predicted molar refractivity (Wildman–Crippen MR) is 82.0 cm³/mol. The van der Waals surface area contributed by atoms with Crippen LogP contribution in [0.2, 0.25) is 0 Å². The number of rotatable bonds is 3. The van der Waals surface area contributed by atoms with E-state index < -0.39 is 23.6 Å². The number of nitrogens with zero attached hydrogens (tertiary/aromatic N) is 1. The normalized spacial score (nSPS) is 18.1. The van der Waals surface area contributed by atoms with Crippen molar-refractivity contribution in [3.05, 3.63) is 57.5 Å². The minimum atomic E-state index is -4.48. The molecule has 1 N–H and O–H groups in total. The van der Waals surface area contributed by atoms with Crippen LogP contribution in [-0.2, 0) is 6.18 Å². The van der Waals surface area contributed by atoms with Crippen LogP contribution in [0.3, 0.4) is 0 Å². The minimum Gasteiger partial charge on any atom is -0.314 e. The Balaban J connectivity index is 2.06. The number of thiophene rings is 1. The van der Waals surface area contributed by atoms with Crippen LogP contribution < -0.4 is 5.32 Å². The zero-order valence-corrected chi connectivity index (χ0v) is 13.1. The predicted octanol–water partition coefficient (Wildman–Crippen LogP) is 3.90. The van der Waals surface area contributed by atoms with E-state index in [4.69, 9.17) is 0 Å². The minimum absolute atomic E-state index is 0.0872. The van der Waals surface area contributed by atoms with Gasteiger partial charge in [0.1, 0.15) is 5.82 Å².